The third kappa shape index (κ3) is 3.23. The number of nitrogens with zero attached hydrogens (tertiary/aromatic N) is 1. The quantitative estimate of drug-likeness (QED) is 0.822. The summed E-state index contributed by atoms with van der Waals surface area (Å²) in [5, 5.41) is 3.67. The first-order valence-corrected chi connectivity index (χ1v) is 7.43. The molecule has 0 saturated carbocycles. The van der Waals surface area contributed by atoms with Gasteiger partial charge in [0, 0.05) is 18.9 Å². The van der Waals surface area contributed by atoms with Crippen molar-refractivity contribution in [2.75, 3.05) is 5.73 Å². The number of benzene rings is 1. The highest BCUT2D eigenvalue weighted by Crippen LogP contribution is 2.31. The number of amides is 1. The highest BCUT2D eigenvalue weighted by atomic mass is 35.5. The van der Waals surface area contributed by atoms with Crippen LogP contribution in [0.25, 0.3) is 0 Å². The van der Waals surface area contributed by atoms with Crippen LogP contribution in [-0.2, 0) is 13.5 Å². The Labute approximate surface area is 141 Å². The molecule has 0 bridgehead atoms. The van der Waals surface area contributed by atoms with Crippen molar-refractivity contribution in [2.24, 2.45) is 7.05 Å². The van der Waals surface area contributed by atoms with Crippen LogP contribution in [0, 0.1) is 0 Å². The lowest BCUT2D eigenvalue weighted by atomic mass is 9.87. The third-order valence-electron chi connectivity index (χ3n) is 3.99. The molecule has 1 unspecified atom stereocenters. The van der Waals surface area contributed by atoms with Gasteiger partial charge in [0.25, 0.3) is 5.91 Å². The van der Waals surface area contributed by atoms with Crippen molar-refractivity contribution in [3.63, 3.8) is 0 Å². The van der Waals surface area contributed by atoms with Gasteiger partial charge >= 0.3 is 0 Å². The van der Waals surface area contributed by atoms with Crippen LogP contribution in [0.2, 0.25) is 5.02 Å². The highest BCUT2D eigenvalue weighted by molar-refractivity contribution is 6.31. The molecule has 1 amide bonds. The molecule has 22 heavy (non-hydrogen) atoms. The van der Waals surface area contributed by atoms with Gasteiger partial charge < -0.3 is 15.6 Å². The molecule has 0 radical (unpaired) electrons. The fourth-order valence-corrected chi connectivity index (χ4v) is 3.22. The second kappa shape index (κ2) is 6.63. The smallest absolute Gasteiger partial charge is 0.268 e. The van der Waals surface area contributed by atoms with Gasteiger partial charge in [-0.25, -0.2) is 0 Å². The molecule has 2 aromatic rings. The molecule has 0 saturated heterocycles. The topological polar surface area (TPSA) is 60.0 Å². The fourth-order valence-electron chi connectivity index (χ4n) is 2.97. The van der Waals surface area contributed by atoms with Crippen LogP contribution in [-0.4, -0.2) is 10.5 Å². The van der Waals surface area contributed by atoms with E-state index in [1.54, 1.807) is 16.8 Å². The normalized spacial score (nSPS) is 16.5. The molecule has 1 aliphatic carbocycles. The summed E-state index contributed by atoms with van der Waals surface area (Å²) in [4.78, 5) is 12.4. The largest absolute Gasteiger partial charge is 0.399 e. The number of nitrogens with one attached hydrogen (secondary N) is 1. The number of aryl methyl sites for hydroxylation is 2. The van der Waals surface area contributed by atoms with Crippen LogP contribution in [0.5, 0.6) is 0 Å². The zero-order valence-electron chi connectivity index (χ0n) is 12.3. The summed E-state index contributed by atoms with van der Waals surface area (Å²) >= 11 is 5.94. The summed E-state index contributed by atoms with van der Waals surface area (Å²) in [6.45, 7) is 0. The van der Waals surface area contributed by atoms with Gasteiger partial charge in [-0.2, -0.15) is 0 Å². The van der Waals surface area contributed by atoms with E-state index in [9.17, 15) is 4.79 Å². The van der Waals surface area contributed by atoms with E-state index >= 15 is 0 Å². The van der Waals surface area contributed by atoms with E-state index in [0.717, 1.165) is 24.9 Å². The van der Waals surface area contributed by atoms with E-state index in [1.807, 2.05) is 25.2 Å². The average molecular weight is 340 g/mol. The number of fused-ring (bicyclic) bond motifs is 1. The van der Waals surface area contributed by atoms with Crippen LogP contribution < -0.4 is 11.1 Å². The van der Waals surface area contributed by atoms with Gasteiger partial charge in [-0.05, 0) is 48.6 Å². The van der Waals surface area contributed by atoms with E-state index in [2.05, 4.69) is 5.32 Å². The Kier molecular flexibility index (Phi) is 5.04. The van der Waals surface area contributed by atoms with Crippen molar-refractivity contribution in [3.8, 4) is 0 Å². The number of aromatic nitrogens is 1. The van der Waals surface area contributed by atoms with Crippen molar-refractivity contribution in [3.05, 3.63) is 52.3 Å². The molecule has 0 spiro atoms. The van der Waals surface area contributed by atoms with Crippen LogP contribution in [0.15, 0.2) is 30.5 Å². The number of anilines is 1. The van der Waals surface area contributed by atoms with Gasteiger partial charge in [0.1, 0.15) is 5.69 Å². The average Bonchev–Trinajstić information content (AvgIpc) is 2.77. The summed E-state index contributed by atoms with van der Waals surface area (Å²) in [5.74, 6) is -0.0981. The maximum Gasteiger partial charge on any atom is 0.268 e. The number of halogens is 2. The number of nitrogen functional groups attached to an aromatic ring is 1. The van der Waals surface area contributed by atoms with Crippen molar-refractivity contribution >= 4 is 35.6 Å². The number of rotatable bonds is 2. The first kappa shape index (κ1) is 16.7. The van der Waals surface area contributed by atoms with Gasteiger partial charge in [-0.1, -0.05) is 17.7 Å². The van der Waals surface area contributed by atoms with E-state index in [4.69, 9.17) is 17.3 Å². The minimum absolute atomic E-state index is 0. The minimum Gasteiger partial charge on any atom is -0.399 e. The van der Waals surface area contributed by atoms with Crippen molar-refractivity contribution in [1.29, 1.82) is 0 Å². The Morgan fingerprint density at radius 1 is 1.41 bits per heavy atom. The van der Waals surface area contributed by atoms with E-state index in [0.29, 0.717) is 10.7 Å². The summed E-state index contributed by atoms with van der Waals surface area (Å²) < 4.78 is 1.74. The maximum absolute atomic E-state index is 12.4. The lowest BCUT2D eigenvalue weighted by Gasteiger charge is -2.26. The first-order valence-electron chi connectivity index (χ1n) is 7.05. The van der Waals surface area contributed by atoms with Gasteiger partial charge in [-0.3, -0.25) is 4.79 Å². The fraction of sp³-hybridized carbons (Fsp3) is 0.312. The molecule has 1 aromatic heterocycles. The number of nitrogens with two attached hydrogens (primary N) is 1. The second-order valence-corrected chi connectivity index (χ2v) is 5.97. The Morgan fingerprint density at radius 3 is 2.86 bits per heavy atom. The van der Waals surface area contributed by atoms with E-state index in [1.165, 1.54) is 11.1 Å². The molecule has 0 aliphatic heterocycles. The predicted molar refractivity (Wildman–Crippen MR) is 91.7 cm³/mol. The zero-order valence-corrected chi connectivity index (χ0v) is 13.9. The zero-order chi connectivity index (χ0) is 15.0. The Balaban J connectivity index is 0.00000176. The molecule has 1 aliphatic rings. The van der Waals surface area contributed by atoms with E-state index in [-0.39, 0.29) is 24.4 Å². The lowest BCUT2D eigenvalue weighted by Crippen LogP contribution is -2.32. The number of carbonyl (C=O) groups excluding carboxylic acids is 1. The Bertz CT molecular complexity index is 697. The molecule has 1 atom stereocenters. The molecule has 1 heterocycles. The molecular formula is C16H19Cl2N3O. The minimum atomic E-state index is -0.0981. The molecule has 118 valence electrons. The van der Waals surface area contributed by atoms with E-state index < -0.39 is 0 Å². The van der Waals surface area contributed by atoms with Gasteiger partial charge in [-0.15, -0.1) is 12.4 Å². The summed E-state index contributed by atoms with van der Waals surface area (Å²) in [6.07, 6.45) is 4.74. The Morgan fingerprint density at radius 2 is 2.18 bits per heavy atom. The van der Waals surface area contributed by atoms with Crippen molar-refractivity contribution < 1.29 is 4.79 Å². The summed E-state index contributed by atoms with van der Waals surface area (Å²) in [7, 11) is 1.82. The van der Waals surface area contributed by atoms with Crippen molar-refractivity contribution in [1.82, 2.24) is 9.88 Å². The Hall–Kier alpha value is -1.65. The second-order valence-electron chi connectivity index (χ2n) is 5.53. The SMILES string of the molecule is Cl.Cn1cc(Cl)cc1C(=O)NC1CCCc2cc(N)ccc21. The maximum atomic E-state index is 12.4. The predicted octanol–water partition coefficient (Wildman–Crippen LogP) is 3.49. The van der Waals surface area contributed by atoms with Gasteiger partial charge in [0.15, 0.2) is 0 Å². The monoisotopic (exact) mass is 339 g/mol. The van der Waals surface area contributed by atoms with Crippen LogP contribution in [0.3, 0.4) is 0 Å². The third-order valence-corrected chi connectivity index (χ3v) is 4.20. The number of hydrogen-bond donors (Lipinski definition) is 2. The number of hydrogen-bond acceptors (Lipinski definition) is 2. The molecular weight excluding hydrogens is 321 g/mol. The van der Waals surface area contributed by atoms with Crippen molar-refractivity contribution in [2.45, 2.75) is 25.3 Å². The molecule has 1 aromatic carbocycles. The van der Waals surface area contributed by atoms with Gasteiger partial charge in [0.05, 0.1) is 11.1 Å². The van der Waals surface area contributed by atoms with Crippen LogP contribution in [0.4, 0.5) is 5.69 Å². The standard InChI is InChI=1S/C16H18ClN3O.ClH/c1-20-9-11(17)8-15(20)16(21)19-14-4-2-3-10-7-12(18)5-6-13(10)14;/h5-9,14H,2-4,18H2,1H3,(H,19,21);1H. The highest BCUT2D eigenvalue weighted by Gasteiger charge is 2.23. The molecule has 4 nitrogen and oxygen atoms in total. The van der Waals surface area contributed by atoms with Crippen LogP contribution in [0.1, 0.15) is 40.5 Å². The molecule has 3 rings (SSSR count). The number of carbonyl (C=O) groups is 1. The first-order chi connectivity index (χ1) is 10.0. The summed E-state index contributed by atoms with van der Waals surface area (Å²) in [5.41, 5.74) is 9.59. The van der Waals surface area contributed by atoms with Crippen LogP contribution >= 0.6 is 24.0 Å². The molecule has 3 N–H and O–H groups in total. The summed E-state index contributed by atoms with van der Waals surface area (Å²) in [6, 6.07) is 7.64. The lowest BCUT2D eigenvalue weighted by molar-refractivity contribution is 0.0924. The van der Waals surface area contributed by atoms with Gasteiger partial charge in [0.2, 0.25) is 0 Å². The molecule has 6 heteroatoms. The molecule has 0 fully saturated rings.